The van der Waals surface area contributed by atoms with Gasteiger partial charge in [0.05, 0.1) is 38.0 Å². The summed E-state index contributed by atoms with van der Waals surface area (Å²) in [6.07, 6.45) is 2.09. The molecule has 9 heteroatoms. The maximum Gasteiger partial charge on any atom is 0.330 e. The molecule has 1 aliphatic heterocycles. The monoisotopic (exact) mass is 326 g/mol. The van der Waals surface area contributed by atoms with E-state index in [0.29, 0.717) is 0 Å². The van der Waals surface area contributed by atoms with Crippen molar-refractivity contribution in [3.8, 4) is 0 Å². The Balaban J connectivity index is 1.74. The third-order valence-corrected chi connectivity index (χ3v) is 3.64. The minimum atomic E-state index is -1.09. The van der Waals surface area contributed by atoms with Crippen molar-refractivity contribution in [2.75, 3.05) is 6.61 Å². The lowest BCUT2D eigenvalue weighted by Gasteiger charge is -2.16. The highest BCUT2D eigenvalue weighted by Crippen LogP contribution is 2.30. The van der Waals surface area contributed by atoms with Gasteiger partial charge in [0.15, 0.2) is 0 Å². The summed E-state index contributed by atoms with van der Waals surface area (Å²) in [6.45, 7) is -0.0598. The number of H-pyrrole nitrogens is 1. The number of halogens is 1. The summed E-state index contributed by atoms with van der Waals surface area (Å²) < 4.78 is 30.5. The highest BCUT2D eigenvalue weighted by atomic mass is 19.1. The van der Waals surface area contributed by atoms with E-state index in [9.17, 15) is 19.1 Å². The van der Waals surface area contributed by atoms with Crippen LogP contribution >= 0.6 is 0 Å². The smallest absolute Gasteiger partial charge is 0.330 e. The molecule has 8 nitrogen and oxygen atoms in total. The zero-order valence-corrected chi connectivity index (χ0v) is 12.0. The lowest BCUT2D eigenvalue weighted by atomic mass is 10.2. The molecule has 3 atom stereocenters. The van der Waals surface area contributed by atoms with Gasteiger partial charge < -0.3 is 19.0 Å². The molecule has 1 fully saturated rings. The van der Waals surface area contributed by atoms with Crippen LogP contribution in [0.2, 0.25) is 0 Å². The first-order valence-corrected chi connectivity index (χ1v) is 6.98. The molecular formula is C14H15FN2O6. The Morgan fingerprint density at radius 1 is 1.48 bits per heavy atom. The molecule has 1 saturated heterocycles. The third kappa shape index (κ3) is 3.26. The molecule has 23 heavy (non-hydrogen) atoms. The molecular weight excluding hydrogens is 311 g/mol. The summed E-state index contributed by atoms with van der Waals surface area (Å²) in [7, 11) is 0. The summed E-state index contributed by atoms with van der Waals surface area (Å²) in [6, 6.07) is 1.74. The molecule has 2 N–H and O–H groups in total. The standard InChI is InChI=1S/C14H15FN2O6/c15-9-4-17(14(20)16-13(9)19)12-3-10(11(5-18)23-12)22-7-8-1-2-21-6-8/h1-2,4,6,10-12,18H,3,5,7H2,(H,16,19,20)/t10?,11-,12-/m0/s1. The van der Waals surface area contributed by atoms with Crippen LogP contribution in [-0.2, 0) is 16.1 Å². The van der Waals surface area contributed by atoms with Crippen LogP contribution in [0, 0.1) is 5.82 Å². The SMILES string of the molecule is O=c1[nH]c(=O)n([C@@H]2CC(OCc3ccoc3)[C@H](CO)O2)cc1F. The van der Waals surface area contributed by atoms with Crippen LogP contribution in [0.3, 0.4) is 0 Å². The Morgan fingerprint density at radius 3 is 3.00 bits per heavy atom. The van der Waals surface area contributed by atoms with Crippen molar-refractivity contribution >= 4 is 0 Å². The minimum absolute atomic E-state index is 0.231. The molecule has 2 aromatic heterocycles. The number of furan rings is 1. The number of hydrogen-bond acceptors (Lipinski definition) is 6. The van der Waals surface area contributed by atoms with Crippen molar-refractivity contribution in [2.24, 2.45) is 0 Å². The number of aromatic amines is 1. The fraction of sp³-hybridized carbons (Fsp3) is 0.429. The van der Waals surface area contributed by atoms with Crippen molar-refractivity contribution in [3.63, 3.8) is 0 Å². The van der Waals surface area contributed by atoms with Crippen LogP contribution in [0.4, 0.5) is 4.39 Å². The largest absolute Gasteiger partial charge is 0.472 e. The summed E-state index contributed by atoms with van der Waals surface area (Å²) in [5, 5.41) is 9.38. The van der Waals surface area contributed by atoms with Gasteiger partial charge in [-0.2, -0.15) is 4.39 Å². The molecule has 124 valence electrons. The second-order valence-electron chi connectivity index (χ2n) is 5.17. The van der Waals surface area contributed by atoms with Gasteiger partial charge >= 0.3 is 5.69 Å². The second-order valence-corrected chi connectivity index (χ2v) is 5.17. The van der Waals surface area contributed by atoms with E-state index in [1.807, 2.05) is 4.98 Å². The molecule has 3 heterocycles. The molecule has 3 rings (SSSR count). The van der Waals surface area contributed by atoms with Gasteiger partial charge in [-0.15, -0.1) is 0 Å². The van der Waals surface area contributed by atoms with Crippen molar-refractivity contribution in [1.29, 1.82) is 0 Å². The number of ether oxygens (including phenoxy) is 2. The van der Waals surface area contributed by atoms with E-state index in [1.165, 1.54) is 12.5 Å². The van der Waals surface area contributed by atoms with Crippen molar-refractivity contribution in [2.45, 2.75) is 31.5 Å². The molecule has 2 aromatic rings. The predicted octanol–water partition coefficient (Wildman–Crippen LogP) is 0.134. The minimum Gasteiger partial charge on any atom is -0.472 e. The van der Waals surface area contributed by atoms with Gasteiger partial charge in [0.25, 0.3) is 5.56 Å². The molecule has 0 aromatic carbocycles. The van der Waals surface area contributed by atoms with Crippen molar-refractivity contribution in [3.05, 3.63) is 57.0 Å². The Bertz CT molecular complexity index is 768. The Hall–Kier alpha value is -2.23. The van der Waals surface area contributed by atoms with Crippen LogP contribution in [0.1, 0.15) is 18.2 Å². The predicted molar refractivity (Wildman–Crippen MR) is 74.2 cm³/mol. The van der Waals surface area contributed by atoms with Gasteiger partial charge in [-0.3, -0.25) is 14.3 Å². The number of aromatic nitrogens is 2. The molecule has 0 saturated carbocycles. The summed E-state index contributed by atoms with van der Waals surface area (Å²) in [5.41, 5.74) is -1.05. The van der Waals surface area contributed by atoms with E-state index in [1.54, 1.807) is 6.07 Å². The van der Waals surface area contributed by atoms with E-state index in [4.69, 9.17) is 13.9 Å². The number of rotatable bonds is 5. The Morgan fingerprint density at radius 2 is 2.30 bits per heavy atom. The molecule has 0 bridgehead atoms. The fourth-order valence-corrected chi connectivity index (χ4v) is 2.46. The number of aliphatic hydroxyl groups excluding tert-OH is 1. The number of nitrogens with one attached hydrogen (secondary N) is 1. The van der Waals surface area contributed by atoms with Gasteiger partial charge in [0.1, 0.15) is 12.3 Å². The van der Waals surface area contributed by atoms with E-state index in [2.05, 4.69) is 0 Å². The normalized spacial score (nSPS) is 24.2. The molecule has 0 radical (unpaired) electrons. The van der Waals surface area contributed by atoms with Crippen molar-refractivity contribution in [1.82, 2.24) is 9.55 Å². The highest BCUT2D eigenvalue weighted by Gasteiger charge is 2.37. The first kappa shape index (κ1) is 15.7. The first-order valence-electron chi connectivity index (χ1n) is 6.98. The molecule has 0 aliphatic carbocycles. The Labute approximate surface area is 129 Å². The summed E-state index contributed by atoms with van der Waals surface area (Å²) >= 11 is 0. The average Bonchev–Trinajstić information content (AvgIpc) is 3.17. The number of nitrogens with zero attached hydrogens (tertiary/aromatic N) is 1. The van der Waals surface area contributed by atoms with Gasteiger partial charge in [0.2, 0.25) is 5.82 Å². The maximum atomic E-state index is 13.4. The number of aliphatic hydroxyl groups is 1. The molecule has 1 aliphatic rings. The van der Waals surface area contributed by atoms with Gasteiger partial charge in [-0.1, -0.05) is 0 Å². The topological polar surface area (TPSA) is 107 Å². The van der Waals surface area contributed by atoms with Crippen LogP contribution < -0.4 is 11.2 Å². The third-order valence-electron chi connectivity index (χ3n) is 3.64. The zero-order valence-electron chi connectivity index (χ0n) is 12.0. The first-order chi connectivity index (χ1) is 11.1. The van der Waals surface area contributed by atoms with Crippen LogP contribution in [0.15, 0.2) is 38.8 Å². The maximum absolute atomic E-state index is 13.4. The molecule has 1 unspecified atom stereocenters. The summed E-state index contributed by atoms with van der Waals surface area (Å²) in [5.74, 6) is -1.09. The van der Waals surface area contributed by atoms with E-state index < -0.39 is 35.5 Å². The lowest BCUT2D eigenvalue weighted by molar-refractivity contribution is -0.0660. The lowest BCUT2D eigenvalue weighted by Crippen LogP contribution is -2.34. The van der Waals surface area contributed by atoms with Crippen LogP contribution in [0.25, 0.3) is 0 Å². The summed E-state index contributed by atoms with van der Waals surface area (Å²) in [4.78, 5) is 24.7. The van der Waals surface area contributed by atoms with Gasteiger partial charge in [-0.25, -0.2) is 4.79 Å². The van der Waals surface area contributed by atoms with Crippen LogP contribution in [0.5, 0.6) is 0 Å². The van der Waals surface area contributed by atoms with E-state index >= 15 is 0 Å². The number of hydrogen-bond donors (Lipinski definition) is 2. The second kappa shape index (κ2) is 6.49. The molecule has 0 spiro atoms. The van der Waals surface area contributed by atoms with Gasteiger partial charge in [0, 0.05) is 12.0 Å². The van der Waals surface area contributed by atoms with E-state index in [-0.39, 0.29) is 19.6 Å². The van der Waals surface area contributed by atoms with Crippen molar-refractivity contribution < 1.29 is 23.4 Å². The zero-order chi connectivity index (χ0) is 16.4. The highest BCUT2D eigenvalue weighted by molar-refractivity contribution is 5.03. The average molecular weight is 326 g/mol. The quantitative estimate of drug-likeness (QED) is 0.809. The fourth-order valence-electron chi connectivity index (χ4n) is 2.46. The van der Waals surface area contributed by atoms with Crippen LogP contribution in [-0.4, -0.2) is 33.5 Å². The molecule has 0 amide bonds. The van der Waals surface area contributed by atoms with Gasteiger partial charge in [-0.05, 0) is 6.07 Å². The van der Waals surface area contributed by atoms with E-state index in [0.717, 1.165) is 16.3 Å². The Kier molecular flexibility index (Phi) is 4.42.